The molecule has 3 heterocycles. The first-order valence-corrected chi connectivity index (χ1v) is 6.26. The molecule has 1 aliphatic carbocycles. The van der Waals surface area contributed by atoms with Crippen molar-refractivity contribution in [2.45, 2.75) is 18.9 Å². The number of hydrogen-bond acceptors (Lipinski definition) is 4. The molecule has 5 nitrogen and oxygen atoms in total. The second-order valence-electron chi connectivity index (χ2n) is 4.69. The zero-order chi connectivity index (χ0) is 12.8. The molecule has 5 heteroatoms. The van der Waals surface area contributed by atoms with Gasteiger partial charge in [0.15, 0.2) is 17.1 Å². The number of rotatable bonds is 2. The lowest BCUT2D eigenvalue weighted by Gasteiger charge is -2.09. The van der Waals surface area contributed by atoms with Gasteiger partial charge in [-0.25, -0.2) is 9.97 Å². The first-order valence-electron chi connectivity index (χ1n) is 6.26. The Morgan fingerprint density at radius 3 is 2.89 bits per heavy atom. The topological polar surface area (TPSA) is 60.9 Å². The standard InChI is InChI=1S/C14H11N3O2/c18-14-12(11-4-2-8-19-11)16-10-3-1-7-15-13(10)17(14)9-5-6-9/h1-4,7-9H,5-6H2. The Kier molecular flexibility index (Phi) is 2.09. The van der Waals surface area contributed by atoms with Gasteiger partial charge in [-0.05, 0) is 37.1 Å². The Labute approximate surface area is 108 Å². The normalized spacial score (nSPS) is 14.9. The predicted molar refractivity (Wildman–Crippen MR) is 69.8 cm³/mol. The minimum absolute atomic E-state index is 0.122. The first kappa shape index (κ1) is 10.5. The van der Waals surface area contributed by atoms with Gasteiger partial charge in [0.05, 0.1) is 6.26 Å². The zero-order valence-electron chi connectivity index (χ0n) is 10.1. The molecule has 1 saturated carbocycles. The summed E-state index contributed by atoms with van der Waals surface area (Å²) in [6.07, 6.45) is 5.28. The molecule has 1 fully saturated rings. The molecule has 0 saturated heterocycles. The minimum Gasteiger partial charge on any atom is -0.463 e. The van der Waals surface area contributed by atoms with Crippen molar-refractivity contribution in [1.29, 1.82) is 0 Å². The molecule has 0 unspecified atom stereocenters. The lowest BCUT2D eigenvalue weighted by molar-refractivity contribution is 0.577. The highest BCUT2D eigenvalue weighted by Gasteiger charge is 2.28. The monoisotopic (exact) mass is 253 g/mol. The average molecular weight is 253 g/mol. The van der Waals surface area contributed by atoms with Crippen LogP contribution in [0.5, 0.6) is 0 Å². The maximum atomic E-state index is 12.6. The summed E-state index contributed by atoms with van der Waals surface area (Å²) >= 11 is 0. The highest BCUT2D eigenvalue weighted by Crippen LogP contribution is 2.35. The number of furan rings is 1. The smallest absolute Gasteiger partial charge is 0.282 e. The van der Waals surface area contributed by atoms with Crippen molar-refractivity contribution >= 4 is 11.2 Å². The molecule has 1 aliphatic rings. The summed E-state index contributed by atoms with van der Waals surface area (Å²) < 4.78 is 7.06. The molecule has 94 valence electrons. The van der Waals surface area contributed by atoms with E-state index in [4.69, 9.17) is 4.42 Å². The van der Waals surface area contributed by atoms with E-state index in [9.17, 15) is 4.79 Å². The van der Waals surface area contributed by atoms with Crippen molar-refractivity contribution in [2.24, 2.45) is 0 Å². The first-order chi connectivity index (χ1) is 9.34. The van der Waals surface area contributed by atoms with E-state index in [2.05, 4.69) is 9.97 Å². The van der Waals surface area contributed by atoms with Gasteiger partial charge in [-0.2, -0.15) is 0 Å². The molecular weight excluding hydrogens is 242 g/mol. The summed E-state index contributed by atoms with van der Waals surface area (Å²) in [6.45, 7) is 0. The Hall–Kier alpha value is -2.43. The van der Waals surface area contributed by atoms with Crippen molar-refractivity contribution in [3.8, 4) is 11.5 Å². The second kappa shape index (κ2) is 3.78. The highest BCUT2D eigenvalue weighted by atomic mass is 16.3. The third-order valence-corrected chi connectivity index (χ3v) is 3.31. The molecule has 0 N–H and O–H groups in total. The molecule has 0 atom stereocenters. The van der Waals surface area contributed by atoms with Gasteiger partial charge in [-0.1, -0.05) is 0 Å². The van der Waals surface area contributed by atoms with Crippen LogP contribution in [0.4, 0.5) is 0 Å². The molecule has 0 aliphatic heterocycles. The van der Waals surface area contributed by atoms with Crippen molar-refractivity contribution in [3.05, 3.63) is 47.1 Å². The van der Waals surface area contributed by atoms with Crippen LogP contribution in [-0.4, -0.2) is 14.5 Å². The molecule has 4 rings (SSSR count). The molecular formula is C14H11N3O2. The molecule has 0 radical (unpaired) electrons. The van der Waals surface area contributed by atoms with Crippen LogP contribution in [0.1, 0.15) is 18.9 Å². The van der Waals surface area contributed by atoms with E-state index in [1.807, 2.05) is 12.1 Å². The van der Waals surface area contributed by atoms with Gasteiger partial charge >= 0.3 is 0 Å². The fourth-order valence-electron chi connectivity index (χ4n) is 2.29. The molecule has 0 amide bonds. The highest BCUT2D eigenvalue weighted by molar-refractivity contribution is 5.73. The molecule has 0 bridgehead atoms. The summed E-state index contributed by atoms with van der Waals surface area (Å²) in [5.74, 6) is 0.505. The van der Waals surface area contributed by atoms with Crippen molar-refractivity contribution in [3.63, 3.8) is 0 Å². The van der Waals surface area contributed by atoms with Crippen LogP contribution in [0.2, 0.25) is 0 Å². The number of pyridine rings is 1. The Bertz CT molecular complexity index is 801. The van der Waals surface area contributed by atoms with Crippen molar-refractivity contribution in [2.75, 3.05) is 0 Å². The zero-order valence-corrected chi connectivity index (χ0v) is 10.1. The van der Waals surface area contributed by atoms with E-state index in [1.165, 1.54) is 0 Å². The van der Waals surface area contributed by atoms with Crippen LogP contribution < -0.4 is 5.56 Å². The lowest BCUT2D eigenvalue weighted by Crippen LogP contribution is -2.23. The number of nitrogens with zero attached hydrogens (tertiary/aromatic N) is 3. The van der Waals surface area contributed by atoms with Crippen molar-refractivity contribution < 1.29 is 4.42 Å². The van der Waals surface area contributed by atoms with E-state index < -0.39 is 0 Å². The van der Waals surface area contributed by atoms with Gasteiger partial charge in [0, 0.05) is 12.2 Å². The number of fused-ring (bicyclic) bond motifs is 1. The minimum atomic E-state index is -0.122. The molecule has 0 aromatic carbocycles. The summed E-state index contributed by atoms with van der Waals surface area (Å²) in [4.78, 5) is 21.3. The van der Waals surface area contributed by atoms with Crippen LogP contribution in [0.25, 0.3) is 22.6 Å². The van der Waals surface area contributed by atoms with Crippen LogP contribution in [0.3, 0.4) is 0 Å². The fraction of sp³-hybridized carbons (Fsp3) is 0.214. The van der Waals surface area contributed by atoms with E-state index in [-0.39, 0.29) is 11.6 Å². The lowest BCUT2D eigenvalue weighted by atomic mass is 10.3. The SMILES string of the molecule is O=c1c(-c2ccco2)nc2cccnc2n1C1CC1. The van der Waals surface area contributed by atoms with E-state index in [1.54, 1.807) is 29.2 Å². The summed E-state index contributed by atoms with van der Waals surface area (Å²) in [5, 5.41) is 0. The van der Waals surface area contributed by atoms with Gasteiger partial charge in [-0.3, -0.25) is 9.36 Å². The maximum absolute atomic E-state index is 12.6. The summed E-state index contributed by atoms with van der Waals surface area (Å²) in [5.41, 5.74) is 1.62. The molecule has 0 spiro atoms. The summed E-state index contributed by atoms with van der Waals surface area (Å²) in [7, 11) is 0. The predicted octanol–water partition coefficient (Wildman–Crippen LogP) is 2.39. The average Bonchev–Trinajstić information content (AvgIpc) is 3.12. The number of aromatic nitrogens is 3. The van der Waals surface area contributed by atoms with E-state index >= 15 is 0 Å². The van der Waals surface area contributed by atoms with E-state index in [0.29, 0.717) is 17.1 Å². The Morgan fingerprint density at radius 2 is 2.16 bits per heavy atom. The largest absolute Gasteiger partial charge is 0.463 e. The molecule has 3 aromatic rings. The second-order valence-corrected chi connectivity index (χ2v) is 4.69. The van der Waals surface area contributed by atoms with Crippen LogP contribution in [0.15, 0.2) is 45.9 Å². The van der Waals surface area contributed by atoms with Gasteiger partial charge in [0.2, 0.25) is 0 Å². The fourth-order valence-corrected chi connectivity index (χ4v) is 2.29. The van der Waals surface area contributed by atoms with Gasteiger partial charge in [0.1, 0.15) is 5.52 Å². The van der Waals surface area contributed by atoms with Crippen LogP contribution in [-0.2, 0) is 0 Å². The Balaban J connectivity index is 2.10. The van der Waals surface area contributed by atoms with E-state index in [0.717, 1.165) is 18.4 Å². The quantitative estimate of drug-likeness (QED) is 0.703. The van der Waals surface area contributed by atoms with Gasteiger partial charge in [-0.15, -0.1) is 0 Å². The van der Waals surface area contributed by atoms with Gasteiger partial charge in [0.25, 0.3) is 5.56 Å². The van der Waals surface area contributed by atoms with Crippen LogP contribution in [0, 0.1) is 0 Å². The van der Waals surface area contributed by atoms with Crippen molar-refractivity contribution in [1.82, 2.24) is 14.5 Å². The third kappa shape index (κ3) is 1.58. The number of hydrogen-bond donors (Lipinski definition) is 0. The summed E-state index contributed by atoms with van der Waals surface area (Å²) in [6, 6.07) is 7.45. The van der Waals surface area contributed by atoms with Gasteiger partial charge < -0.3 is 4.42 Å². The molecule has 3 aromatic heterocycles. The third-order valence-electron chi connectivity index (χ3n) is 3.31. The molecule has 19 heavy (non-hydrogen) atoms. The maximum Gasteiger partial charge on any atom is 0.282 e. The Morgan fingerprint density at radius 1 is 1.26 bits per heavy atom. The van der Waals surface area contributed by atoms with Crippen LogP contribution >= 0.6 is 0 Å².